The SMILES string of the molecule is CCOC(=O)C[C@]12[C@@H]3CCN(C(=O)OC(C)(C)C)[C@H]1[C@H](CO[Si](C)(C)C(C)(C)C)C[C@@H]3C(=O)N2Cc1ccc(OC)cc1. The number of rotatable bonds is 9. The minimum absolute atomic E-state index is 0.000554. The van der Waals surface area contributed by atoms with Crippen molar-refractivity contribution in [3.63, 3.8) is 0 Å². The monoisotopic (exact) mass is 616 g/mol. The summed E-state index contributed by atoms with van der Waals surface area (Å²) in [4.78, 5) is 45.4. The Hall–Kier alpha value is -2.59. The summed E-state index contributed by atoms with van der Waals surface area (Å²) in [5.74, 6) is -0.0819. The number of carbonyl (C=O) groups excluding carboxylic acids is 3. The van der Waals surface area contributed by atoms with Gasteiger partial charge in [-0.3, -0.25) is 9.59 Å². The molecule has 0 N–H and O–H groups in total. The fourth-order valence-corrected chi connectivity index (χ4v) is 8.22. The molecule has 0 unspecified atom stereocenters. The van der Waals surface area contributed by atoms with Gasteiger partial charge < -0.3 is 28.4 Å². The molecule has 5 atom stereocenters. The molecule has 9 nitrogen and oxygen atoms in total. The van der Waals surface area contributed by atoms with Gasteiger partial charge in [0.1, 0.15) is 11.4 Å². The Labute approximate surface area is 258 Å². The number of piperidine rings is 1. The molecule has 2 saturated heterocycles. The van der Waals surface area contributed by atoms with Gasteiger partial charge in [-0.05, 0) is 82.3 Å². The van der Waals surface area contributed by atoms with Crippen LogP contribution in [-0.4, -0.2) is 80.1 Å². The van der Waals surface area contributed by atoms with E-state index >= 15 is 0 Å². The summed E-state index contributed by atoms with van der Waals surface area (Å²) in [6, 6.07) is 7.20. The summed E-state index contributed by atoms with van der Waals surface area (Å²) in [6.45, 7) is 19.9. The fourth-order valence-electron chi connectivity index (χ4n) is 7.16. The number of benzene rings is 1. The predicted octanol–water partition coefficient (Wildman–Crippen LogP) is 6.01. The van der Waals surface area contributed by atoms with Crippen molar-refractivity contribution in [1.29, 1.82) is 0 Å². The molecule has 0 radical (unpaired) electrons. The number of ether oxygens (including phenoxy) is 3. The van der Waals surface area contributed by atoms with E-state index in [0.29, 0.717) is 32.5 Å². The van der Waals surface area contributed by atoms with E-state index in [9.17, 15) is 14.4 Å². The van der Waals surface area contributed by atoms with Crippen LogP contribution in [0.1, 0.15) is 73.3 Å². The highest BCUT2D eigenvalue weighted by atomic mass is 28.4. The van der Waals surface area contributed by atoms with E-state index in [-0.39, 0.29) is 47.7 Å². The van der Waals surface area contributed by atoms with E-state index in [1.807, 2.05) is 49.9 Å². The molecular weight excluding hydrogens is 564 g/mol. The highest BCUT2D eigenvalue weighted by Gasteiger charge is 2.70. The number of carbonyl (C=O) groups is 3. The zero-order valence-corrected chi connectivity index (χ0v) is 28.8. The summed E-state index contributed by atoms with van der Waals surface area (Å²) < 4.78 is 23.6. The second-order valence-electron chi connectivity index (χ2n) is 14.9. The summed E-state index contributed by atoms with van der Waals surface area (Å²) in [5, 5.41) is -0.000554. The summed E-state index contributed by atoms with van der Waals surface area (Å²) in [5.41, 5.74) is -0.704. The first kappa shape index (κ1) is 33.3. The Bertz CT molecular complexity index is 1190. The normalized spacial score (nSPS) is 27.3. The molecule has 4 bridgehead atoms. The molecule has 4 rings (SSSR count). The molecule has 10 heteroatoms. The summed E-state index contributed by atoms with van der Waals surface area (Å²) >= 11 is 0. The quantitative estimate of drug-likeness (QED) is 0.248. The lowest BCUT2D eigenvalue weighted by atomic mass is 9.58. The minimum Gasteiger partial charge on any atom is -0.497 e. The van der Waals surface area contributed by atoms with Crippen LogP contribution in [0.2, 0.25) is 18.1 Å². The molecule has 1 aromatic carbocycles. The highest BCUT2D eigenvalue weighted by Crippen LogP contribution is 2.59. The predicted molar refractivity (Wildman–Crippen MR) is 167 cm³/mol. The van der Waals surface area contributed by atoms with Crippen LogP contribution >= 0.6 is 0 Å². The maximum Gasteiger partial charge on any atom is 0.410 e. The Morgan fingerprint density at radius 3 is 2.28 bits per heavy atom. The first-order valence-electron chi connectivity index (χ1n) is 15.7. The number of amides is 2. The number of hydrogen-bond donors (Lipinski definition) is 0. The van der Waals surface area contributed by atoms with Crippen LogP contribution in [0.25, 0.3) is 0 Å². The molecule has 2 heterocycles. The van der Waals surface area contributed by atoms with Gasteiger partial charge in [0.2, 0.25) is 5.91 Å². The van der Waals surface area contributed by atoms with E-state index in [1.54, 1.807) is 18.9 Å². The van der Waals surface area contributed by atoms with Crippen LogP contribution < -0.4 is 4.74 Å². The van der Waals surface area contributed by atoms with Gasteiger partial charge in [-0.25, -0.2) is 4.79 Å². The molecule has 3 fully saturated rings. The number of methoxy groups -OCH3 is 1. The molecular formula is C33H52N2O7Si. The molecule has 0 aromatic heterocycles. The third kappa shape index (κ3) is 6.46. The zero-order valence-electron chi connectivity index (χ0n) is 27.8. The van der Waals surface area contributed by atoms with Crippen LogP contribution in [0.15, 0.2) is 24.3 Å². The smallest absolute Gasteiger partial charge is 0.410 e. The molecule has 1 aliphatic carbocycles. The van der Waals surface area contributed by atoms with Crippen LogP contribution in [0.5, 0.6) is 5.75 Å². The first-order valence-corrected chi connectivity index (χ1v) is 18.6. The van der Waals surface area contributed by atoms with E-state index < -0.39 is 31.6 Å². The van der Waals surface area contributed by atoms with Gasteiger partial charge in [0.05, 0.1) is 31.7 Å². The van der Waals surface area contributed by atoms with Crippen LogP contribution in [0.3, 0.4) is 0 Å². The van der Waals surface area contributed by atoms with Crippen LogP contribution in [0, 0.1) is 17.8 Å². The van der Waals surface area contributed by atoms with Crippen molar-refractivity contribution in [2.45, 2.75) is 110 Å². The molecule has 43 heavy (non-hydrogen) atoms. The van der Waals surface area contributed by atoms with Gasteiger partial charge in [-0.15, -0.1) is 0 Å². The molecule has 3 aliphatic rings. The van der Waals surface area contributed by atoms with Crippen molar-refractivity contribution in [2.75, 3.05) is 26.9 Å². The van der Waals surface area contributed by atoms with E-state index in [4.69, 9.17) is 18.6 Å². The molecule has 0 spiro atoms. The Morgan fingerprint density at radius 2 is 1.72 bits per heavy atom. The lowest BCUT2D eigenvalue weighted by Crippen LogP contribution is -2.72. The Balaban J connectivity index is 1.83. The Morgan fingerprint density at radius 1 is 1.07 bits per heavy atom. The summed E-state index contributed by atoms with van der Waals surface area (Å²) in [6.07, 6.45) is 0.815. The maximum absolute atomic E-state index is 14.4. The zero-order chi connectivity index (χ0) is 32.0. The van der Waals surface area contributed by atoms with Gasteiger partial charge in [0.25, 0.3) is 0 Å². The van der Waals surface area contributed by atoms with Gasteiger partial charge in [-0.2, -0.15) is 0 Å². The maximum atomic E-state index is 14.4. The van der Waals surface area contributed by atoms with Crippen molar-refractivity contribution in [2.24, 2.45) is 17.8 Å². The second-order valence-corrected chi connectivity index (χ2v) is 19.7. The largest absolute Gasteiger partial charge is 0.497 e. The van der Waals surface area contributed by atoms with Gasteiger partial charge in [-0.1, -0.05) is 32.9 Å². The van der Waals surface area contributed by atoms with Crippen molar-refractivity contribution in [3.8, 4) is 5.75 Å². The fraction of sp³-hybridized carbons (Fsp3) is 0.727. The van der Waals surface area contributed by atoms with Crippen molar-refractivity contribution in [3.05, 3.63) is 29.8 Å². The Kier molecular flexibility index (Phi) is 9.35. The minimum atomic E-state index is -2.15. The average Bonchev–Trinajstić information content (AvgIpc) is 3.04. The van der Waals surface area contributed by atoms with Crippen LogP contribution in [-0.2, 0) is 30.0 Å². The first-order chi connectivity index (χ1) is 19.9. The average molecular weight is 617 g/mol. The third-order valence-corrected chi connectivity index (χ3v) is 14.6. The lowest BCUT2D eigenvalue weighted by Gasteiger charge is -2.59. The van der Waals surface area contributed by atoms with Gasteiger partial charge >= 0.3 is 12.1 Å². The third-order valence-electron chi connectivity index (χ3n) is 10.1. The standard InChI is InChI=1S/C33H52N2O7Si/c1-11-40-27(36)19-33-26-16-17-34(30(38)42-31(2,3)4)28(33)23(21-41-43(9,10)32(5,6)7)18-25(26)29(37)35(33)20-22-12-14-24(39-8)15-13-22/h12-15,23,25-26,28H,11,16-21H2,1-10H3/t23-,25-,26+,28-,33-/m0/s1. The summed E-state index contributed by atoms with van der Waals surface area (Å²) in [7, 11) is -0.531. The molecule has 240 valence electrons. The van der Waals surface area contributed by atoms with E-state index in [2.05, 4.69) is 33.9 Å². The van der Waals surface area contributed by atoms with Crippen molar-refractivity contribution in [1.82, 2.24) is 9.80 Å². The molecule has 1 saturated carbocycles. The van der Waals surface area contributed by atoms with Gasteiger partial charge in [0, 0.05) is 31.5 Å². The van der Waals surface area contributed by atoms with E-state index in [1.165, 1.54) is 0 Å². The van der Waals surface area contributed by atoms with Crippen molar-refractivity contribution < 1.29 is 33.0 Å². The van der Waals surface area contributed by atoms with Crippen molar-refractivity contribution >= 4 is 26.3 Å². The second kappa shape index (κ2) is 12.1. The topological polar surface area (TPSA) is 94.6 Å². The van der Waals surface area contributed by atoms with E-state index in [0.717, 1.165) is 11.3 Å². The number of likely N-dealkylation sites (tertiary alicyclic amines) is 2. The molecule has 2 aliphatic heterocycles. The van der Waals surface area contributed by atoms with Crippen LogP contribution in [0.4, 0.5) is 4.79 Å². The lowest BCUT2D eigenvalue weighted by molar-refractivity contribution is -0.157. The number of hydrogen-bond acceptors (Lipinski definition) is 7. The number of esters is 1. The molecule has 2 amide bonds. The highest BCUT2D eigenvalue weighted by molar-refractivity contribution is 6.74. The van der Waals surface area contributed by atoms with Gasteiger partial charge in [0.15, 0.2) is 8.32 Å². The number of nitrogens with zero attached hydrogens (tertiary/aromatic N) is 2. The molecule has 1 aromatic rings.